The molecule has 4 nitrogen and oxygen atoms in total. The highest BCUT2D eigenvalue weighted by atomic mass is 32.2. The van der Waals surface area contributed by atoms with Crippen LogP contribution in [0.15, 0.2) is 29.2 Å². The Labute approximate surface area is 122 Å². The zero-order valence-electron chi connectivity index (χ0n) is 12.8. The molecule has 114 valence electrons. The molecule has 0 aliphatic carbocycles. The predicted molar refractivity (Wildman–Crippen MR) is 82.9 cm³/mol. The van der Waals surface area contributed by atoms with Crippen LogP contribution in [0.5, 0.6) is 0 Å². The molecule has 1 aromatic carbocycles. The monoisotopic (exact) mass is 298 g/mol. The summed E-state index contributed by atoms with van der Waals surface area (Å²) in [7, 11) is -3.45. The zero-order valence-corrected chi connectivity index (χ0v) is 13.6. The fourth-order valence-corrected chi connectivity index (χ4v) is 2.88. The first-order chi connectivity index (χ1) is 9.15. The number of nitrogens with two attached hydrogens (primary N) is 1. The van der Waals surface area contributed by atoms with Crippen molar-refractivity contribution in [3.05, 3.63) is 29.8 Å². The molecule has 20 heavy (non-hydrogen) atoms. The van der Waals surface area contributed by atoms with Crippen molar-refractivity contribution in [2.45, 2.75) is 51.5 Å². The van der Waals surface area contributed by atoms with Gasteiger partial charge in [0.05, 0.1) is 4.90 Å². The van der Waals surface area contributed by atoms with Gasteiger partial charge in [-0.25, -0.2) is 13.1 Å². The van der Waals surface area contributed by atoms with Crippen LogP contribution in [0.25, 0.3) is 0 Å². The highest BCUT2D eigenvalue weighted by molar-refractivity contribution is 7.89. The number of nitrogens with one attached hydrogen (secondary N) is 1. The SMILES string of the molecule is CCC(N)c1cccc(S(=O)(=O)NCCC(C)(C)C)c1. The minimum Gasteiger partial charge on any atom is -0.324 e. The van der Waals surface area contributed by atoms with E-state index in [2.05, 4.69) is 25.5 Å². The van der Waals surface area contributed by atoms with Gasteiger partial charge in [-0.2, -0.15) is 0 Å². The maximum absolute atomic E-state index is 12.2. The van der Waals surface area contributed by atoms with Crippen molar-refractivity contribution in [1.29, 1.82) is 0 Å². The molecule has 0 amide bonds. The largest absolute Gasteiger partial charge is 0.324 e. The first-order valence-electron chi connectivity index (χ1n) is 7.01. The van der Waals surface area contributed by atoms with Crippen molar-refractivity contribution in [2.24, 2.45) is 11.1 Å². The minimum atomic E-state index is -3.45. The topological polar surface area (TPSA) is 72.2 Å². The first-order valence-corrected chi connectivity index (χ1v) is 8.49. The van der Waals surface area contributed by atoms with Crippen molar-refractivity contribution < 1.29 is 8.42 Å². The number of benzene rings is 1. The van der Waals surface area contributed by atoms with Crippen LogP contribution in [0, 0.1) is 5.41 Å². The van der Waals surface area contributed by atoms with Crippen molar-refractivity contribution in [3.63, 3.8) is 0 Å². The molecule has 0 aliphatic heterocycles. The molecule has 5 heteroatoms. The van der Waals surface area contributed by atoms with Gasteiger partial charge in [-0.1, -0.05) is 39.8 Å². The van der Waals surface area contributed by atoms with Gasteiger partial charge in [0, 0.05) is 12.6 Å². The third-order valence-electron chi connectivity index (χ3n) is 3.20. The fraction of sp³-hybridized carbons (Fsp3) is 0.600. The van der Waals surface area contributed by atoms with Gasteiger partial charge in [-0.3, -0.25) is 0 Å². The van der Waals surface area contributed by atoms with E-state index in [0.717, 1.165) is 18.4 Å². The molecule has 0 spiro atoms. The molecule has 3 N–H and O–H groups in total. The van der Waals surface area contributed by atoms with Crippen LogP contribution in [-0.2, 0) is 10.0 Å². The Kier molecular flexibility index (Phi) is 5.74. The van der Waals surface area contributed by atoms with Crippen LogP contribution >= 0.6 is 0 Å². The zero-order chi connectivity index (χ0) is 15.4. The summed E-state index contributed by atoms with van der Waals surface area (Å²) < 4.78 is 27.1. The molecule has 1 atom stereocenters. The van der Waals surface area contributed by atoms with Gasteiger partial charge in [0.1, 0.15) is 0 Å². The molecular weight excluding hydrogens is 272 g/mol. The van der Waals surface area contributed by atoms with Crippen LogP contribution in [0.4, 0.5) is 0 Å². The normalized spacial score (nSPS) is 14.2. The van der Waals surface area contributed by atoms with Crippen LogP contribution < -0.4 is 10.5 Å². The van der Waals surface area contributed by atoms with Crippen LogP contribution in [0.3, 0.4) is 0 Å². The van der Waals surface area contributed by atoms with E-state index >= 15 is 0 Å². The highest BCUT2D eigenvalue weighted by Gasteiger charge is 2.17. The maximum atomic E-state index is 12.2. The minimum absolute atomic E-state index is 0.106. The molecule has 0 saturated heterocycles. The Bertz CT molecular complexity index is 533. The van der Waals surface area contributed by atoms with Gasteiger partial charge in [-0.05, 0) is 36.0 Å². The van der Waals surface area contributed by atoms with Crippen molar-refractivity contribution in [2.75, 3.05) is 6.54 Å². The number of hydrogen-bond donors (Lipinski definition) is 2. The molecule has 0 bridgehead atoms. The molecule has 1 rings (SSSR count). The summed E-state index contributed by atoms with van der Waals surface area (Å²) >= 11 is 0. The van der Waals surface area contributed by atoms with Gasteiger partial charge in [-0.15, -0.1) is 0 Å². The first kappa shape index (κ1) is 17.1. The van der Waals surface area contributed by atoms with Crippen molar-refractivity contribution in [1.82, 2.24) is 4.72 Å². The van der Waals surface area contributed by atoms with Crippen molar-refractivity contribution >= 4 is 10.0 Å². The molecule has 0 saturated carbocycles. The summed E-state index contributed by atoms with van der Waals surface area (Å²) in [6.07, 6.45) is 1.57. The van der Waals surface area contributed by atoms with Crippen LogP contribution in [0.1, 0.15) is 52.1 Å². The lowest BCUT2D eigenvalue weighted by atomic mass is 9.93. The molecular formula is C15H26N2O2S. The second-order valence-corrected chi connectivity index (χ2v) is 8.06. The maximum Gasteiger partial charge on any atom is 0.240 e. The molecule has 0 heterocycles. The van der Waals surface area contributed by atoms with Crippen molar-refractivity contribution in [3.8, 4) is 0 Å². The highest BCUT2D eigenvalue weighted by Crippen LogP contribution is 2.20. The third kappa shape index (κ3) is 5.23. The molecule has 1 aromatic rings. The predicted octanol–water partition coefficient (Wildman–Crippen LogP) is 2.81. The quantitative estimate of drug-likeness (QED) is 0.848. The second kappa shape index (κ2) is 6.70. The third-order valence-corrected chi connectivity index (χ3v) is 4.66. The molecule has 0 fully saturated rings. The molecule has 0 aromatic heterocycles. The Hall–Kier alpha value is -0.910. The van der Waals surface area contributed by atoms with E-state index in [0.29, 0.717) is 6.54 Å². The van der Waals surface area contributed by atoms with Crippen LogP contribution in [-0.4, -0.2) is 15.0 Å². The summed E-state index contributed by atoms with van der Waals surface area (Å²) in [5.74, 6) is 0. The van der Waals surface area contributed by atoms with E-state index in [9.17, 15) is 8.42 Å². The second-order valence-electron chi connectivity index (χ2n) is 6.30. The lowest BCUT2D eigenvalue weighted by Gasteiger charge is -2.18. The summed E-state index contributed by atoms with van der Waals surface area (Å²) in [5.41, 5.74) is 6.91. The summed E-state index contributed by atoms with van der Waals surface area (Å²) in [4.78, 5) is 0.285. The van der Waals surface area contributed by atoms with E-state index in [1.165, 1.54) is 0 Å². The van der Waals surface area contributed by atoms with Gasteiger partial charge in [0.25, 0.3) is 0 Å². The van der Waals surface area contributed by atoms with Gasteiger partial charge < -0.3 is 5.73 Å². The Morgan fingerprint density at radius 2 is 1.95 bits per heavy atom. The molecule has 0 aliphatic rings. The molecule has 1 unspecified atom stereocenters. The van der Waals surface area contributed by atoms with E-state index < -0.39 is 10.0 Å². The lowest BCUT2D eigenvalue weighted by Crippen LogP contribution is -2.27. The standard InChI is InChI=1S/C15H26N2O2S/c1-5-14(16)12-7-6-8-13(11-12)20(18,19)17-10-9-15(2,3)4/h6-8,11,14,17H,5,9-10,16H2,1-4H3. The van der Waals surface area contributed by atoms with Gasteiger partial charge in [0.2, 0.25) is 10.0 Å². The number of hydrogen-bond acceptors (Lipinski definition) is 3. The Balaban J connectivity index is 2.82. The van der Waals surface area contributed by atoms with Gasteiger partial charge >= 0.3 is 0 Å². The average molecular weight is 298 g/mol. The number of sulfonamides is 1. The van der Waals surface area contributed by atoms with Crippen LogP contribution in [0.2, 0.25) is 0 Å². The molecule has 0 radical (unpaired) electrons. The smallest absolute Gasteiger partial charge is 0.240 e. The van der Waals surface area contributed by atoms with E-state index in [4.69, 9.17) is 5.73 Å². The average Bonchev–Trinajstić information content (AvgIpc) is 2.36. The number of rotatable bonds is 6. The summed E-state index contributed by atoms with van der Waals surface area (Å²) in [5, 5.41) is 0. The Morgan fingerprint density at radius 1 is 1.30 bits per heavy atom. The lowest BCUT2D eigenvalue weighted by molar-refractivity contribution is 0.378. The fourth-order valence-electron chi connectivity index (χ4n) is 1.79. The van der Waals surface area contributed by atoms with E-state index in [-0.39, 0.29) is 16.4 Å². The van der Waals surface area contributed by atoms with E-state index in [1.807, 2.05) is 13.0 Å². The summed E-state index contributed by atoms with van der Waals surface area (Å²) in [6, 6.07) is 6.74. The summed E-state index contributed by atoms with van der Waals surface area (Å²) in [6.45, 7) is 8.68. The van der Waals surface area contributed by atoms with E-state index in [1.54, 1.807) is 18.2 Å². The Morgan fingerprint density at radius 3 is 2.50 bits per heavy atom. The van der Waals surface area contributed by atoms with Gasteiger partial charge in [0.15, 0.2) is 0 Å².